The van der Waals surface area contributed by atoms with Gasteiger partial charge in [-0.05, 0) is 48.5 Å². The average molecular weight is 376 g/mol. The van der Waals surface area contributed by atoms with Gasteiger partial charge in [-0.2, -0.15) is 0 Å². The smallest absolute Gasteiger partial charge is 0.467 e. The van der Waals surface area contributed by atoms with Gasteiger partial charge in [0.1, 0.15) is 11.5 Å². The van der Waals surface area contributed by atoms with Crippen molar-refractivity contribution in [3.63, 3.8) is 0 Å². The summed E-state index contributed by atoms with van der Waals surface area (Å²) in [6.45, 7) is 0.421. The van der Waals surface area contributed by atoms with Gasteiger partial charge in [-0.3, -0.25) is 9.78 Å². The van der Waals surface area contributed by atoms with Crippen molar-refractivity contribution in [1.29, 1.82) is 0 Å². The molecule has 0 radical (unpaired) electrons. The Balaban J connectivity index is 1.79. The zero-order chi connectivity index (χ0) is 19.3. The lowest BCUT2D eigenvalue weighted by Gasteiger charge is -2.21. The largest absolute Gasteiger partial charge is 0.573 e. The Morgan fingerprint density at radius 3 is 2.41 bits per heavy atom. The van der Waals surface area contributed by atoms with E-state index in [1.165, 1.54) is 23.3 Å². The van der Waals surface area contributed by atoms with E-state index in [1.807, 2.05) is 0 Å². The molecule has 0 aliphatic rings. The Hall–Kier alpha value is -3.29. The van der Waals surface area contributed by atoms with Gasteiger partial charge in [0.05, 0.1) is 25.0 Å². The number of halogens is 3. The third-order valence-electron chi connectivity index (χ3n) is 3.63. The molecule has 1 aromatic carbocycles. The highest BCUT2D eigenvalue weighted by molar-refractivity contribution is 5.94. The van der Waals surface area contributed by atoms with Crippen LogP contribution in [0.3, 0.4) is 0 Å². The molecular weight excluding hydrogens is 361 g/mol. The Morgan fingerprint density at radius 1 is 1.04 bits per heavy atom. The van der Waals surface area contributed by atoms with Crippen molar-refractivity contribution in [3.05, 3.63) is 84.1 Å². The topological polar surface area (TPSA) is 55.6 Å². The van der Waals surface area contributed by atoms with E-state index in [0.717, 1.165) is 12.1 Å². The second-order valence-electron chi connectivity index (χ2n) is 5.63. The number of nitrogens with zero attached hydrogens (tertiary/aromatic N) is 2. The number of aromatic nitrogens is 1. The maximum absolute atomic E-state index is 12.9. The van der Waals surface area contributed by atoms with Crippen LogP contribution in [0.4, 0.5) is 13.2 Å². The summed E-state index contributed by atoms with van der Waals surface area (Å²) in [4.78, 5) is 18.6. The molecule has 0 spiro atoms. The molecule has 0 saturated carbocycles. The number of alkyl halides is 3. The molecule has 2 aromatic heterocycles. The first-order valence-corrected chi connectivity index (χ1v) is 7.98. The molecule has 5 nitrogen and oxygen atoms in total. The molecule has 0 unspecified atom stereocenters. The summed E-state index contributed by atoms with van der Waals surface area (Å²) >= 11 is 0. The van der Waals surface area contributed by atoms with Gasteiger partial charge in [0, 0.05) is 11.8 Å². The van der Waals surface area contributed by atoms with Crippen molar-refractivity contribution < 1.29 is 27.1 Å². The van der Waals surface area contributed by atoms with Crippen LogP contribution < -0.4 is 4.74 Å². The minimum absolute atomic E-state index is 0.198. The average Bonchev–Trinajstić information content (AvgIpc) is 3.14. The molecular formula is C19H15F3N2O3. The van der Waals surface area contributed by atoms with Crippen LogP contribution in [0.25, 0.3) is 0 Å². The highest BCUT2D eigenvalue weighted by atomic mass is 19.4. The fourth-order valence-corrected chi connectivity index (χ4v) is 2.46. The summed E-state index contributed by atoms with van der Waals surface area (Å²) in [6, 6.07) is 13.6. The van der Waals surface area contributed by atoms with E-state index >= 15 is 0 Å². The van der Waals surface area contributed by atoms with Gasteiger partial charge in [-0.1, -0.05) is 6.07 Å². The normalized spacial score (nSPS) is 11.2. The van der Waals surface area contributed by atoms with E-state index in [2.05, 4.69) is 9.72 Å². The number of carbonyl (C=O) groups is 1. The van der Waals surface area contributed by atoms with Crippen LogP contribution in [0, 0.1) is 0 Å². The van der Waals surface area contributed by atoms with Crippen molar-refractivity contribution in [2.75, 3.05) is 0 Å². The van der Waals surface area contributed by atoms with Crippen LogP contribution in [0.15, 0.2) is 71.5 Å². The summed E-state index contributed by atoms with van der Waals surface area (Å²) < 4.78 is 45.9. The van der Waals surface area contributed by atoms with Crippen molar-refractivity contribution in [2.45, 2.75) is 19.5 Å². The van der Waals surface area contributed by atoms with Gasteiger partial charge in [-0.25, -0.2) is 0 Å². The summed E-state index contributed by atoms with van der Waals surface area (Å²) in [7, 11) is 0. The molecule has 3 rings (SSSR count). The van der Waals surface area contributed by atoms with Crippen LogP contribution in [0.1, 0.15) is 21.8 Å². The van der Waals surface area contributed by atoms with Crippen molar-refractivity contribution >= 4 is 5.91 Å². The van der Waals surface area contributed by atoms with Crippen LogP contribution in [-0.2, 0) is 13.1 Å². The van der Waals surface area contributed by atoms with Crippen LogP contribution in [0.2, 0.25) is 0 Å². The molecule has 2 heterocycles. The SMILES string of the molecule is O=C(c1ccc(OC(F)(F)F)cc1)N(Cc1ccccn1)Cc1ccco1. The number of rotatable bonds is 6. The Bertz CT molecular complexity index is 863. The lowest BCUT2D eigenvalue weighted by atomic mass is 10.1. The molecule has 3 aromatic rings. The van der Waals surface area contributed by atoms with E-state index in [9.17, 15) is 18.0 Å². The predicted molar refractivity (Wildman–Crippen MR) is 89.6 cm³/mol. The molecule has 0 fully saturated rings. The predicted octanol–water partition coefficient (Wildman–Crippen LogP) is 4.42. The lowest BCUT2D eigenvalue weighted by molar-refractivity contribution is -0.274. The molecule has 0 atom stereocenters. The fourth-order valence-electron chi connectivity index (χ4n) is 2.46. The van der Waals surface area contributed by atoms with E-state index < -0.39 is 6.36 Å². The first kappa shape index (κ1) is 18.5. The highest BCUT2D eigenvalue weighted by Crippen LogP contribution is 2.23. The number of amides is 1. The number of carbonyl (C=O) groups excluding carboxylic acids is 1. The maximum Gasteiger partial charge on any atom is 0.573 e. The van der Waals surface area contributed by atoms with Crippen LogP contribution in [-0.4, -0.2) is 22.2 Å². The first-order chi connectivity index (χ1) is 12.9. The van der Waals surface area contributed by atoms with Crippen molar-refractivity contribution in [1.82, 2.24) is 9.88 Å². The maximum atomic E-state index is 12.9. The van der Waals surface area contributed by atoms with Crippen molar-refractivity contribution in [2.24, 2.45) is 0 Å². The Kier molecular flexibility index (Phi) is 5.44. The second-order valence-corrected chi connectivity index (χ2v) is 5.63. The molecule has 0 N–H and O–H groups in total. The van der Waals surface area contributed by atoms with E-state index in [4.69, 9.17) is 4.42 Å². The standard InChI is InChI=1S/C19H15F3N2O3/c20-19(21,22)27-16-8-6-14(7-9-16)18(25)24(13-17-5-3-11-26-17)12-15-4-1-2-10-23-15/h1-11H,12-13H2. The molecule has 0 bridgehead atoms. The van der Waals surface area contributed by atoms with E-state index in [1.54, 1.807) is 36.5 Å². The molecule has 27 heavy (non-hydrogen) atoms. The number of benzene rings is 1. The van der Waals surface area contributed by atoms with E-state index in [-0.39, 0.29) is 30.3 Å². The van der Waals surface area contributed by atoms with Crippen LogP contribution >= 0.6 is 0 Å². The number of pyridine rings is 1. The summed E-state index contributed by atoms with van der Waals surface area (Å²) in [5.74, 6) is -0.173. The molecule has 0 aliphatic carbocycles. The fraction of sp³-hybridized carbons (Fsp3) is 0.158. The summed E-state index contributed by atoms with van der Waals surface area (Å²) in [6.07, 6.45) is -1.66. The second kappa shape index (κ2) is 7.94. The van der Waals surface area contributed by atoms with Gasteiger partial charge in [0.15, 0.2) is 0 Å². The van der Waals surface area contributed by atoms with Gasteiger partial charge in [-0.15, -0.1) is 13.2 Å². The zero-order valence-corrected chi connectivity index (χ0v) is 14.0. The number of ether oxygens (including phenoxy) is 1. The number of furan rings is 1. The zero-order valence-electron chi connectivity index (χ0n) is 14.0. The van der Waals surface area contributed by atoms with E-state index in [0.29, 0.717) is 11.5 Å². The molecule has 140 valence electrons. The molecule has 0 saturated heterocycles. The first-order valence-electron chi connectivity index (χ1n) is 7.98. The summed E-state index contributed by atoms with van der Waals surface area (Å²) in [5, 5.41) is 0. The lowest BCUT2D eigenvalue weighted by Crippen LogP contribution is -2.30. The minimum atomic E-state index is -4.78. The highest BCUT2D eigenvalue weighted by Gasteiger charge is 2.31. The molecule has 0 aliphatic heterocycles. The summed E-state index contributed by atoms with van der Waals surface area (Å²) in [5.41, 5.74) is 0.904. The third-order valence-corrected chi connectivity index (χ3v) is 3.63. The quantitative estimate of drug-likeness (QED) is 0.639. The van der Waals surface area contributed by atoms with Gasteiger partial charge in [0.25, 0.3) is 5.91 Å². The van der Waals surface area contributed by atoms with Crippen molar-refractivity contribution in [3.8, 4) is 5.75 Å². The molecule has 1 amide bonds. The Morgan fingerprint density at radius 2 is 1.81 bits per heavy atom. The van der Waals surface area contributed by atoms with Crippen LogP contribution in [0.5, 0.6) is 5.75 Å². The molecule has 8 heteroatoms. The van der Waals surface area contributed by atoms with Gasteiger partial charge >= 0.3 is 6.36 Å². The number of hydrogen-bond acceptors (Lipinski definition) is 4. The Labute approximate surface area is 153 Å². The van der Waals surface area contributed by atoms with Gasteiger partial charge < -0.3 is 14.1 Å². The third kappa shape index (κ3) is 5.34. The minimum Gasteiger partial charge on any atom is -0.467 e. The number of hydrogen-bond donors (Lipinski definition) is 0. The van der Waals surface area contributed by atoms with Gasteiger partial charge in [0.2, 0.25) is 0 Å². The monoisotopic (exact) mass is 376 g/mol.